The Kier molecular flexibility index (Phi) is 2.65. The first kappa shape index (κ1) is 9.00. The van der Waals surface area contributed by atoms with Gasteiger partial charge in [0.25, 0.3) is 0 Å². The van der Waals surface area contributed by atoms with E-state index in [-0.39, 0.29) is 6.04 Å². The first-order chi connectivity index (χ1) is 5.61. The first-order valence-corrected chi connectivity index (χ1v) is 4.00. The molecule has 3 nitrogen and oxygen atoms in total. The molecule has 1 aromatic heterocycles. The molecule has 0 aromatic carbocycles. The van der Waals surface area contributed by atoms with Crippen molar-refractivity contribution in [2.24, 2.45) is 5.73 Å². The Morgan fingerprint density at radius 1 is 1.50 bits per heavy atom. The fourth-order valence-electron chi connectivity index (χ4n) is 0.962. The highest BCUT2D eigenvalue weighted by molar-refractivity contribution is 5.39. The maximum absolute atomic E-state index is 5.74. The summed E-state index contributed by atoms with van der Waals surface area (Å²) in [6.45, 7) is 1.97. The summed E-state index contributed by atoms with van der Waals surface area (Å²) in [4.78, 5) is 6.16. The third-order valence-corrected chi connectivity index (χ3v) is 1.75. The molecule has 1 aromatic rings. The van der Waals surface area contributed by atoms with E-state index >= 15 is 0 Å². The molecule has 0 amide bonds. The van der Waals surface area contributed by atoms with Crippen molar-refractivity contribution in [3.05, 3.63) is 23.9 Å². The minimum Gasteiger partial charge on any atom is -0.363 e. The van der Waals surface area contributed by atoms with Gasteiger partial charge < -0.3 is 10.6 Å². The van der Waals surface area contributed by atoms with Crippen LogP contribution in [0.5, 0.6) is 0 Å². The number of aromatic nitrogens is 1. The molecule has 0 saturated heterocycles. The van der Waals surface area contributed by atoms with Gasteiger partial charge in [-0.05, 0) is 24.6 Å². The van der Waals surface area contributed by atoms with Crippen LogP contribution in [0, 0.1) is 0 Å². The normalized spacial score (nSPS) is 12.7. The fourth-order valence-corrected chi connectivity index (χ4v) is 0.962. The number of hydrogen-bond acceptors (Lipinski definition) is 3. The summed E-state index contributed by atoms with van der Waals surface area (Å²) in [6.07, 6.45) is 1.79. The zero-order chi connectivity index (χ0) is 9.14. The smallest absolute Gasteiger partial charge is 0.128 e. The molecule has 0 bridgehead atoms. The highest BCUT2D eigenvalue weighted by Crippen LogP contribution is 2.14. The van der Waals surface area contributed by atoms with E-state index in [4.69, 9.17) is 5.73 Å². The molecular weight excluding hydrogens is 150 g/mol. The van der Waals surface area contributed by atoms with Gasteiger partial charge in [0.1, 0.15) is 5.82 Å². The number of nitrogens with two attached hydrogens (primary N) is 1. The maximum atomic E-state index is 5.74. The SMILES string of the molecule is C[C@@H](N)c1ccnc(N(C)C)c1. The second kappa shape index (κ2) is 3.54. The summed E-state index contributed by atoms with van der Waals surface area (Å²) in [5.74, 6) is 0.949. The van der Waals surface area contributed by atoms with Crippen molar-refractivity contribution in [3.8, 4) is 0 Å². The van der Waals surface area contributed by atoms with Gasteiger partial charge in [0.05, 0.1) is 0 Å². The zero-order valence-corrected chi connectivity index (χ0v) is 7.78. The Balaban J connectivity index is 2.96. The minimum absolute atomic E-state index is 0.0756. The Morgan fingerprint density at radius 3 is 2.67 bits per heavy atom. The largest absolute Gasteiger partial charge is 0.363 e. The Hall–Kier alpha value is -1.09. The molecule has 0 radical (unpaired) electrons. The quantitative estimate of drug-likeness (QED) is 0.715. The number of pyridine rings is 1. The molecule has 12 heavy (non-hydrogen) atoms. The predicted molar refractivity (Wildman–Crippen MR) is 51.2 cm³/mol. The van der Waals surface area contributed by atoms with Gasteiger partial charge in [-0.25, -0.2) is 4.98 Å². The molecule has 3 heteroatoms. The van der Waals surface area contributed by atoms with Gasteiger partial charge in [0.2, 0.25) is 0 Å². The van der Waals surface area contributed by atoms with Gasteiger partial charge in [0.15, 0.2) is 0 Å². The van der Waals surface area contributed by atoms with Crippen molar-refractivity contribution in [3.63, 3.8) is 0 Å². The van der Waals surface area contributed by atoms with E-state index in [9.17, 15) is 0 Å². The van der Waals surface area contributed by atoms with Crippen molar-refractivity contribution in [1.29, 1.82) is 0 Å². The highest BCUT2D eigenvalue weighted by Gasteiger charge is 2.01. The van der Waals surface area contributed by atoms with Crippen LogP contribution in [0.25, 0.3) is 0 Å². The second-order valence-electron chi connectivity index (χ2n) is 3.13. The van der Waals surface area contributed by atoms with E-state index in [0.29, 0.717) is 0 Å². The highest BCUT2D eigenvalue weighted by atomic mass is 15.1. The summed E-state index contributed by atoms with van der Waals surface area (Å²) < 4.78 is 0. The van der Waals surface area contributed by atoms with Crippen molar-refractivity contribution in [1.82, 2.24) is 4.98 Å². The zero-order valence-electron chi connectivity index (χ0n) is 7.78. The number of anilines is 1. The lowest BCUT2D eigenvalue weighted by Crippen LogP contribution is -2.12. The van der Waals surface area contributed by atoms with Crippen LogP contribution in [-0.2, 0) is 0 Å². The molecule has 1 rings (SSSR count). The lowest BCUT2D eigenvalue weighted by atomic mass is 10.1. The van der Waals surface area contributed by atoms with Crippen LogP contribution in [0.2, 0.25) is 0 Å². The summed E-state index contributed by atoms with van der Waals surface area (Å²) in [5.41, 5.74) is 6.86. The average molecular weight is 165 g/mol. The van der Waals surface area contributed by atoms with Gasteiger partial charge in [-0.2, -0.15) is 0 Å². The third-order valence-electron chi connectivity index (χ3n) is 1.75. The molecule has 0 fully saturated rings. The molecule has 2 N–H and O–H groups in total. The van der Waals surface area contributed by atoms with Crippen molar-refractivity contribution >= 4 is 5.82 Å². The molecule has 0 saturated carbocycles. The van der Waals surface area contributed by atoms with Gasteiger partial charge in [-0.3, -0.25) is 0 Å². The van der Waals surface area contributed by atoms with Crippen LogP contribution >= 0.6 is 0 Å². The molecule has 1 atom stereocenters. The van der Waals surface area contributed by atoms with Gasteiger partial charge in [-0.1, -0.05) is 0 Å². The molecule has 0 aliphatic heterocycles. The lowest BCUT2D eigenvalue weighted by molar-refractivity contribution is 0.814. The number of nitrogens with zero attached hydrogens (tertiary/aromatic N) is 2. The van der Waals surface area contributed by atoms with Crippen LogP contribution in [0.15, 0.2) is 18.3 Å². The monoisotopic (exact) mass is 165 g/mol. The Labute approximate surface area is 73.2 Å². The van der Waals surface area contributed by atoms with Crippen LogP contribution in [0.1, 0.15) is 18.5 Å². The minimum atomic E-state index is 0.0756. The fraction of sp³-hybridized carbons (Fsp3) is 0.444. The molecule has 0 aliphatic carbocycles. The Bertz CT molecular complexity index is 232. The number of rotatable bonds is 2. The molecular formula is C9H15N3. The van der Waals surface area contributed by atoms with E-state index < -0.39 is 0 Å². The average Bonchev–Trinajstić information content (AvgIpc) is 2.04. The van der Waals surface area contributed by atoms with Crippen LogP contribution in [0.4, 0.5) is 5.82 Å². The first-order valence-electron chi connectivity index (χ1n) is 4.00. The lowest BCUT2D eigenvalue weighted by Gasteiger charge is -2.13. The van der Waals surface area contributed by atoms with Gasteiger partial charge >= 0.3 is 0 Å². The second-order valence-corrected chi connectivity index (χ2v) is 3.13. The summed E-state index contributed by atoms with van der Waals surface area (Å²) in [6, 6.07) is 4.02. The molecule has 1 heterocycles. The Morgan fingerprint density at radius 2 is 2.17 bits per heavy atom. The van der Waals surface area contributed by atoms with E-state index in [1.54, 1.807) is 6.20 Å². The van der Waals surface area contributed by atoms with Crippen molar-refractivity contribution in [2.75, 3.05) is 19.0 Å². The van der Waals surface area contributed by atoms with E-state index in [0.717, 1.165) is 11.4 Å². The topological polar surface area (TPSA) is 42.1 Å². The summed E-state index contributed by atoms with van der Waals surface area (Å²) >= 11 is 0. The third kappa shape index (κ3) is 1.95. The summed E-state index contributed by atoms with van der Waals surface area (Å²) in [5, 5.41) is 0. The van der Waals surface area contributed by atoms with Crippen molar-refractivity contribution < 1.29 is 0 Å². The molecule has 66 valence electrons. The molecule has 0 aliphatic rings. The number of hydrogen-bond donors (Lipinski definition) is 1. The van der Waals surface area contributed by atoms with E-state index in [1.165, 1.54) is 0 Å². The van der Waals surface area contributed by atoms with Crippen LogP contribution < -0.4 is 10.6 Å². The standard InChI is InChI=1S/C9H15N3/c1-7(10)8-4-5-11-9(6-8)12(2)3/h4-7H,10H2,1-3H3/t7-/m1/s1. The van der Waals surface area contributed by atoms with E-state index in [1.807, 2.05) is 38.1 Å². The van der Waals surface area contributed by atoms with Crippen molar-refractivity contribution in [2.45, 2.75) is 13.0 Å². The molecule has 0 unspecified atom stereocenters. The van der Waals surface area contributed by atoms with Crippen LogP contribution in [0.3, 0.4) is 0 Å². The van der Waals surface area contributed by atoms with Crippen LogP contribution in [-0.4, -0.2) is 19.1 Å². The summed E-state index contributed by atoms with van der Waals surface area (Å²) in [7, 11) is 3.93. The van der Waals surface area contributed by atoms with Gasteiger partial charge in [-0.15, -0.1) is 0 Å². The maximum Gasteiger partial charge on any atom is 0.128 e. The predicted octanol–water partition coefficient (Wildman–Crippen LogP) is 1.17. The molecule has 0 spiro atoms. The van der Waals surface area contributed by atoms with Gasteiger partial charge in [0, 0.05) is 26.3 Å². The van der Waals surface area contributed by atoms with E-state index in [2.05, 4.69) is 4.98 Å².